The second kappa shape index (κ2) is 10.3. The molecule has 0 bridgehead atoms. The van der Waals surface area contributed by atoms with Crippen LogP contribution >= 0.6 is 11.6 Å². The van der Waals surface area contributed by atoms with Crippen LogP contribution < -0.4 is 15.4 Å². The molecule has 8 heteroatoms. The lowest BCUT2D eigenvalue weighted by Gasteiger charge is -2.18. The van der Waals surface area contributed by atoms with Gasteiger partial charge in [0.05, 0.1) is 25.3 Å². The van der Waals surface area contributed by atoms with E-state index in [0.29, 0.717) is 22.0 Å². The molecule has 0 aliphatic rings. The number of amides is 2. The Hall–Kier alpha value is -3.06. The molecule has 0 saturated heterocycles. The number of para-hydroxylation sites is 2. The number of hydrogen-bond donors (Lipinski definition) is 2. The number of ether oxygens (including phenoxy) is 2. The van der Waals surface area contributed by atoms with Crippen LogP contribution in [0, 0.1) is 0 Å². The van der Waals surface area contributed by atoms with Crippen molar-refractivity contribution < 1.29 is 23.9 Å². The Morgan fingerprint density at radius 1 is 1.07 bits per heavy atom. The minimum atomic E-state index is -0.621. The molecule has 0 radical (unpaired) electrons. The molecule has 1 unspecified atom stereocenters. The zero-order valence-electron chi connectivity index (χ0n) is 15.5. The maximum absolute atomic E-state index is 12.2. The van der Waals surface area contributed by atoms with Crippen molar-refractivity contribution >= 4 is 35.1 Å². The van der Waals surface area contributed by atoms with Gasteiger partial charge >= 0.3 is 5.97 Å². The zero-order chi connectivity index (χ0) is 20.5. The molecule has 0 aliphatic carbocycles. The SMILES string of the molecule is COc1ccccc1NC(=O)COC(=O)CC(NC(C)=O)c1ccc(Cl)cc1. The molecule has 2 aromatic rings. The number of rotatable bonds is 8. The van der Waals surface area contributed by atoms with Crippen molar-refractivity contribution in [3.8, 4) is 5.75 Å². The maximum atomic E-state index is 12.2. The molecule has 0 spiro atoms. The largest absolute Gasteiger partial charge is 0.495 e. The highest BCUT2D eigenvalue weighted by atomic mass is 35.5. The highest BCUT2D eigenvalue weighted by Crippen LogP contribution is 2.23. The van der Waals surface area contributed by atoms with Gasteiger partial charge in [-0.2, -0.15) is 0 Å². The lowest BCUT2D eigenvalue weighted by Crippen LogP contribution is -2.29. The highest BCUT2D eigenvalue weighted by molar-refractivity contribution is 6.30. The van der Waals surface area contributed by atoms with Crippen LogP contribution in [0.2, 0.25) is 5.02 Å². The lowest BCUT2D eigenvalue weighted by molar-refractivity contribution is -0.148. The van der Waals surface area contributed by atoms with Crippen LogP contribution in [-0.2, 0) is 19.1 Å². The fourth-order valence-corrected chi connectivity index (χ4v) is 2.62. The van der Waals surface area contributed by atoms with E-state index in [1.165, 1.54) is 14.0 Å². The summed E-state index contributed by atoms with van der Waals surface area (Å²) >= 11 is 5.87. The van der Waals surface area contributed by atoms with Crippen LogP contribution in [0.4, 0.5) is 5.69 Å². The van der Waals surface area contributed by atoms with Crippen LogP contribution in [0.25, 0.3) is 0 Å². The Bertz CT molecular complexity index is 839. The van der Waals surface area contributed by atoms with E-state index < -0.39 is 24.5 Å². The van der Waals surface area contributed by atoms with E-state index >= 15 is 0 Å². The van der Waals surface area contributed by atoms with E-state index in [2.05, 4.69) is 10.6 Å². The molecule has 0 saturated carbocycles. The van der Waals surface area contributed by atoms with E-state index in [1.807, 2.05) is 0 Å². The van der Waals surface area contributed by atoms with E-state index in [0.717, 1.165) is 0 Å². The van der Waals surface area contributed by atoms with Gasteiger partial charge in [0.2, 0.25) is 5.91 Å². The summed E-state index contributed by atoms with van der Waals surface area (Å²) in [5.74, 6) is -0.915. The summed E-state index contributed by atoms with van der Waals surface area (Å²) in [5, 5.41) is 5.85. The highest BCUT2D eigenvalue weighted by Gasteiger charge is 2.19. The normalized spacial score (nSPS) is 11.2. The molecule has 7 nitrogen and oxygen atoms in total. The van der Waals surface area contributed by atoms with Crippen molar-refractivity contribution in [2.24, 2.45) is 0 Å². The first-order valence-electron chi connectivity index (χ1n) is 8.50. The van der Waals surface area contributed by atoms with Crippen molar-refractivity contribution in [2.45, 2.75) is 19.4 Å². The van der Waals surface area contributed by atoms with E-state index in [-0.39, 0.29) is 12.3 Å². The van der Waals surface area contributed by atoms with Crippen LogP contribution in [0.1, 0.15) is 24.9 Å². The quantitative estimate of drug-likeness (QED) is 0.659. The second-order valence-electron chi connectivity index (χ2n) is 5.92. The maximum Gasteiger partial charge on any atom is 0.308 e. The first-order valence-corrected chi connectivity index (χ1v) is 8.88. The Morgan fingerprint density at radius 2 is 1.75 bits per heavy atom. The van der Waals surface area contributed by atoms with Gasteiger partial charge in [0, 0.05) is 11.9 Å². The zero-order valence-corrected chi connectivity index (χ0v) is 16.3. The van der Waals surface area contributed by atoms with Crippen LogP contribution in [0.3, 0.4) is 0 Å². The summed E-state index contributed by atoms with van der Waals surface area (Å²) in [6.45, 7) is 0.902. The molecule has 2 rings (SSSR count). The molecule has 0 fully saturated rings. The molecule has 0 heterocycles. The van der Waals surface area contributed by atoms with Gasteiger partial charge in [-0.05, 0) is 29.8 Å². The summed E-state index contributed by atoms with van der Waals surface area (Å²) in [6.07, 6.45) is -0.122. The molecule has 0 aliphatic heterocycles. The number of hydrogen-bond acceptors (Lipinski definition) is 5. The van der Waals surface area contributed by atoms with Gasteiger partial charge in [0.25, 0.3) is 5.91 Å². The fourth-order valence-electron chi connectivity index (χ4n) is 2.50. The third kappa shape index (κ3) is 6.59. The first kappa shape index (κ1) is 21.2. The Labute approximate surface area is 168 Å². The standard InChI is InChI=1S/C20H21ClN2O5/c1-13(24)22-17(14-7-9-15(21)10-8-14)11-20(26)28-12-19(25)23-16-5-3-4-6-18(16)27-2/h3-10,17H,11-12H2,1-2H3,(H,22,24)(H,23,25). The van der Waals surface area contributed by atoms with E-state index in [9.17, 15) is 14.4 Å². The van der Waals surface area contributed by atoms with Crippen molar-refractivity contribution in [2.75, 3.05) is 19.0 Å². The Morgan fingerprint density at radius 3 is 2.39 bits per heavy atom. The number of halogens is 1. The fraction of sp³-hybridized carbons (Fsp3) is 0.250. The summed E-state index contributed by atoms with van der Waals surface area (Å²) in [4.78, 5) is 35.6. The van der Waals surface area contributed by atoms with Crippen molar-refractivity contribution in [3.05, 3.63) is 59.1 Å². The summed E-state index contributed by atoms with van der Waals surface area (Å²) in [5.41, 5.74) is 1.18. The van der Waals surface area contributed by atoms with Crippen molar-refractivity contribution in [1.82, 2.24) is 5.32 Å². The third-order valence-corrected chi connectivity index (χ3v) is 4.02. The second-order valence-corrected chi connectivity index (χ2v) is 6.35. The summed E-state index contributed by atoms with van der Waals surface area (Å²) < 4.78 is 10.2. The predicted molar refractivity (Wildman–Crippen MR) is 105 cm³/mol. The van der Waals surface area contributed by atoms with Gasteiger partial charge in [-0.15, -0.1) is 0 Å². The molecule has 2 amide bonds. The Balaban J connectivity index is 1.92. The minimum absolute atomic E-state index is 0.122. The van der Waals surface area contributed by atoms with Crippen molar-refractivity contribution in [3.63, 3.8) is 0 Å². The molecule has 0 aromatic heterocycles. The average molecular weight is 405 g/mol. The Kier molecular flexibility index (Phi) is 7.83. The van der Waals surface area contributed by atoms with Crippen LogP contribution in [0.15, 0.2) is 48.5 Å². The number of benzene rings is 2. The average Bonchev–Trinajstić information content (AvgIpc) is 2.66. The third-order valence-electron chi connectivity index (χ3n) is 3.77. The topological polar surface area (TPSA) is 93.7 Å². The monoisotopic (exact) mass is 404 g/mol. The van der Waals surface area contributed by atoms with E-state index in [4.69, 9.17) is 21.1 Å². The van der Waals surface area contributed by atoms with Crippen LogP contribution in [0.5, 0.6) is 5.75 Å². The molecular formula is C20H21ClN2O5. The minimum Gasteiger partial charge on any atom is -0.495 e. The molecule has 28 heavy (non-hydrogen) atoms. The molecule has 1 atom stereocenters. The van der Waals surface area contributed by atoms with E-state index in [1.54, 1.807) is 48.5 Å². The van der Waals surface area contributed by atoms with Crippen molar-refractivity contribution in [1.29, 1.82) is 0 Å². The number of methoxy groups -OCH3 is 1. The lowest BCUT2D eigenvalue weighted by atomic mass is 10.0. The molecule has 2 aromatic carbocycles. The van der Waals surface area contributed by atoms with Gasteiger partial charge in [0.15, 0.2) is 6.61 Å². The van der Waals surface area contributed by atoms with Gasteiger partial charge in [-0.3, -0.25) is 14.4 Å². The number of nitrogens with one attached hydrogen (secondary N) is 2. The van der Waals surface area contributed by atoms with Gasteiger partial charge in [-0.1, -0.05) is 35.9 Å². The van der Waals surface area contributed by atoms with Gasteiger partial charge in [0.1, 0.15) is 5.75 Å². The van der Waals surface area contributed by atoms with Crippen LogP contribution in [-0.4, -0.2) is 31.5 Å². The predicted octanol–water partition coefficient (Wildman–Crippen LogP) is 3.10. The van der Waals surface area contributed by atoms with Gasteiger partial charge in [-0.25, -0.2) is 0 Å². The summed E-state index contributed by atoms with van der Waals surface area (Å²) in [7, 11) is 1.49. The number of anilines is 1. The first-order chi connectivity index (χ1) is 13.4. The smallest absolute Gasteiger partial charge is 0.308 e. The number of carbonyl (C=O) groups is 3. The number of esters is 1. The number of carbonyl (C=O) groups excluding carboxylic acids is 3. The molecular weight excluding hydrogens is 384 g/mol. The van der Waals surface area contributed by atoms with Gasteiger partial charge < -0.3 is 20.1 Å². The summed E-state index contributed by atoms with van der Waals surface area (Å²) in [6, 6.07) is 13.1. The molecule has 148 valence electrons. The molecule has 2 N–H and O–H groups in total.